The van der Waals surface area contributed by atoms with Crippen LogP contribution in [0.15, 0.2) is 0 Å². The Morgan fingerprint density at radius 2 is 2.23 bits per heavy atom. The highest BCUT2D eigenvalue weighted by Gasteiger charge is 2.19. The Bertz CT molecular complexity index is 244. The van der Waals surface area contributed by atoms with Crippen molar-refractivity contribution in [3.05, 3.63) is 0 Å². The summed E-state index contributed by atoms with van der Waals surface area (Å²) >= 11 is 0. The van der Waals surface area contributed by atoms with E-state index >= 15 is 0 Å². The van der Waals surface area contributed by atoms with Crippen molar-refractivity contribution in [2.24, 2.45) is 5.73 Å². The molecule has 2 unspecified atom stereocenters. The summed E-state index contributed by atoms with van der Waals surface area (Å²) in [5.74, 6) is 0. The van der Waals surface area contributed by atoms with Crippen molar-refractivity contribution in [2.75, 3.05) is 19.4 Å². The molecule has 1 saturated heterocycles. The van der Waals surface area contributed by atoms with Crippen LogP contribution in [0.1, 0.15) is 12.8 Å². The molecule has 1 heterocycles. The van der Waals surface area contributed by atoms with E-state index in [-0.39, 0.29) is 12.1 Å². The zero-order valence-corrected chi connectivity index (χ0v) is 8.51. The fourth-order valence-electron chi connectivity index (χ4n) is 1.23. The molecule has 5 nitrogen and oxygen atoms in total. The largest absolute Gasteiger partial charge is 0.375 e. The van der Waals surface area contributed by atoms with Gasteiger partial charge in [-0.1, -0.05) is 0 Å². The summed E-state index contributed by atoms with van der Waals surface area (Å²) in [6.45, 7) is 0.877. The summed E-state index contributed by atoms with van der Waals surface area (Å²) in [5.41, 5.74) is 5.62. The third-order valence-electron chi connectivity index (χ3n) is 1.98. The highest BCUT2D eigenvalue weighted by atomic mass is 32.2. The Kier molecular flexibility index (Phi) is 3.66. The van der Waals surface area contributed by atoms with Crippen LogP contribution >= 0.6 is 0 Å². The van der Waals surface area contributed by atoms with E-state index in [1.807, 2.05) is 0 Å². The minimum atomic E-state index is -3.10. The van der Waals surface area contributed by atoms with Crippen molar-refractivity contribution in [2.45, 2.75) is 25.0 Å². The number of ether oxygens (including phenoxy) is 1. The normalized spacial score (nSPS) is 30.3. The molecule has 0 spiro atoms. The molecule has 0 aromatic heterocycles. The highest BCUT2D eigenvalue weighted by Crippen LogP contribution is 2.11. The molecule has 0 aliphatic carbocycles. The van der Waals surface area contributed by atoms with E-state index in [1.165, 1.54) is 0 Å². The highest BCUT2D eigenvalue weighted by molar-refractivity contribution is 7.88. The molecule has 3 N–H and O–H groups in total. The minimum absolute atomic E-state index is 0.0190. The molecule has 1 fully saturated rings. The number of sulfonamides is 1. The van der Waals surface area contributed by atoms with Gasteiger partial charge in [0.25, 0.3) is 0 Å². The summed E-state index contributed by atoms with van der Waals surface area (Å²) in [5, 5.41) is 0. The summed E-state index contributed by atoms with van der Waals surface area (Å²) < 4.78 is 29.2. The first-order valence-corrected chi connectivity index (χ1v) is 6.18. The Hall–Kier alpha value is -0.170. The first-order valence-electron chi connectivity index (χ1n) is 4.29. The fourth-order valence-corrected chi connectivity index (χ4v) is 1.72. The van der Waals surface area contributed by atoms with E-state index in [0.29, 0.717) is 13.2 Å². The second-order valence-electron chi connectivity index (χ2n) is 3.41. The molecule has 6 heteroatoms. The summed E-state index contributed by atoms with van der Waals surface area (Å²) in [6.07, 6.45) is 2.84. The predicted molar refractivity (Wildman–Crippen MR) is 49.8 cm³/mol. The van der Waals surface area contributed by atoms with Crippen molar-refractivity contribution >= 4 is 10.0 Å². The van der Waals surface area contributed by atoms with Gasteiger partial charge in [-0.15, -0.1) is 0 Å². The Labute approximate surface area is 78.7 Å². The van der Waals surface area contributed by atoms with E-state index in [2.05, 4.69) is 4.72 Å². The van der Waals surface area contributed by atoms with Crippen LogP contribution in [0, 0.1) is 0 Å². The van der Waals surface area contributed by atoms with Crippen molar-refractivity contribution in [1.82, 2.24) is 4.72 Å². The summed E-state index contributed by atoms with van der Waals surface area (Å²) in [6, 6.07) is 0.106. The van der Waals surface area contributed by atoms with Crippen LogP contribution in [0.2, 0.25) is 0 Å². The molecule has 13 heavy (non-hydrogen) atoms. The van der Waals surface area contributed by atoms with Gasteiger partial charge in [0.2, 0.25) is 10.0 Å². The number of nitrogens with two attached hydrogens (primary N) is 1. The first-order chi connectivity index (χ1) is 5.97. The Morgan fingerprint density at radius 3 is 2.69 bits per heavy atom. The van der Waals surface area contributed by atoms with Crippen LogP contribution in [0.25, 0.3) is 0 Å². The maximum Gasteiger partial charge on any atom is 0.208 e. The zero-order valence-electron chi connectivity index (χ0n) is 7.69. The Balaban J connectivity index is 2.24. The van der Waals surface area contributed by atoms with Gasteiger partial charge in [0.05, 0.1) is 19.0 Å². The topological polar surface area (TPSA) is 81.4 Å². The van der Waals surface area contributed by atoms with E-state index < -0.39 is 10.0 Å². The average Bonchev–Trinajstić information content (AvgIpc) is 2.02. The van der Waals surface area contributed by atoms with Crippen LogP contribution in [0.5, 0.6) is 0 Å². The zero-order chi connectivity index (χ0) is 9.90. The van der Waals surface area contributed by atoms with Gasteiger partial charge in [-0.25, -0.2) is 13.1 Å². The molecule has 0 bridgehead atoms. The molecule has 0 amide bonds. The molecule has 0 radical (unpaired) electrons. The quantitative estimate of drug-likeness (QED) is 0.626. The summed E-state index contributed by atoms with van der Waals surface area (Å²) in [4.78, 5) is 0. The fraction of sp³-hybridized carbons (Fsp3) is 1.00. The molecule has 78 valence electrons. The first kappa shape index (κ1) is 10.9. The standard InChI is InChI=1S/C7H16N2O3S/c1-13(10,11)9-4-7-3-2-6(8)5-12-7/h6-7,9H,2-5,8H2,1H3. The third-order valence-corrected chi connectivity index (χ3v) is 2.67. The maximum atomic E-state index is 10.7. The van der Waals surface area contributed by atoms with Crippen LogP contribution in [-0.2, 0) is 14.8 Å². The van der Waals surface area contributed by atoms with Gasteiger partial charge in [0.15, 0.2) is 0 Å². The van der Waals surface area contributed by atoms with Crippen molar-refractivity contribution in [3.63, 3.8) is 0 Å². The summed E-state index contributed by atoms with van der Waals surface area (Å²) in [7, 11) is -3.10. The maximum absolute atomic E-state index is 10.7. The van der Waals surface area contributed by atoms with Crippen molar-refractivity contribution in [3.8, 4) is 0 Å². The molecular weight excluding hydrogens is 192 g/mol. The second kappa shape index (κ2) is 4.36. The monoisotopic (exact) mass is 208 g/mol. The molecule has 0 saturated carbocycles. The lowest BCUT2D eigenvalue weighted by Gasteiger charge is -2.26. The molecule has 1 aliphatic rings. The lowest BCUT2D eigenvalue weighted by molar-refractivity contribution is 0.00926. The van der Waals surface area contributed by atoms with Gasteiger partial charge >= 0.3 is 0 Å². The number of hydrogen-bond acceptors (Lipinski definition) is 4. The predicted octanol–water partition coefficient (Wildman–Crippen LogP) is -0.958. The van der Waals surface area contributed by atoms with Gasteiger partial charge in [-0.2, -0.15) is 0 Å². The van der Waals surface area contributed by atoms with Crippen LogP contribution in [0.3, 0.4) is 0 Å². The molecule has 2 atom stereocenters. The van der Waals surface area contributed by atoms with E-state index in [4.69, 9.17) is 10.5 Å². The SMILES string of the molecule is CS(=O)(=O)NCC1CCC(N)CO1. The molecule has 1 rings (SSSR count). The lowest BCUT2D eigenvalue weighted by atomic mass is 10.1. The van der Waals surface area contributed by atoms with Crippen LogP contribution in [0.4, 0.5) is 0 Å². The molecule has 0 aromatic rings. The van der Waals surface area contributed by atoms with Crippen LogP contribution < -0.4 is 10.5 Å². The second-order valence-corrected chi connectivity index (χ2v) is 5.25. The lowest BCUT2D eigenvalue weighted by Crippen LogP contribution is -2.41. The van der Waals surface area contributed by atoms with E-state index in [0.717, 1.165) is 19.1 Å². The van der Waals surface area contributed by atoms with Gasteiger partial charge < -0.3 is 10.5 Å². The Morgan fingerprint density at radius 1 is 1.54 bits per heavy atom. The van der Waals surface area contributed by atoms with E-state index in [1.54, 1.807) is 0 Å². The molecule has 1 aliphatic heterocycles. The smallest absolute Gasteiger partial charge is 0.208 e. The van der Waals surface area contributed by atoms with Gasteiger partial charge in [0.1, 0.15) is 0 Å². The van der Waals surface area contributed by atoms with Gasteiger partial charge in [0, 0.05) is 12.6 Å². The number of hydrogen-bond donors (Lipinski definition) is 2. The molecule has 0 aromatic carbocycles. The third kappa shape index (κ3) is 4.56. The van der Waals surface area contributed by atoms with Crippen molar-refractivity contribution in [1.29, 1.82) is 0 Å². The number of rotatable bonds is 3. The van der Waals surface area contributed by atoms with E-state index in [9.17, 15) is 8.42 Å². The average molecular weight is 208 g/mol. The van der Waals surface area contributed by atoms with Crippen LogP contribution in [-0.4, -0.2) is 40.0 Å². The van der Waals surface area contributed by atoms with Crippen molar-refractivity contribution < 1.29 is 13.2 Å². The van der Waals surface area contributed by atoms with Gasteiger partial charge in [-0.05, 0) is 12.8 Å². The minimum Gasteiger partial charge on any atom is -0.375 e. The number of nitrogens with one attached hydrogen (secondary N) is 1. The molecular formula is C7H16N2O3S. The van der Waals surface area contributed by atoms with Gasteiger partial charge in [-0.3, -0.25) is 0 Å².